The Morgan fingerprint density at radius 1 is 1.20 bits per heavy atom. The van der Waals surface area contributed by atoms with Gasteiger partial charge in [-0.05, 0) is 48.6 Å². The fourth-order valence-electron chi connectivity index (χ4n) is 3.03. The minimum Gasteiger partial charge on any atom is -0.348 e. The Morgan fingerprint density at radius 2 is 2.04 bits per heavy atom. The Bertz CT molecular complexity index is 854. The van der Waals surface area contributed by atoms with Gasteiger partial charge in [0, 0.05) is 30.9 Å². The standard InChI is InChI=1S/C20H22N4O/c1-13-5-4-6-17(14(13)2)18(19-11-21-12-23-19)9-16-7-8-20(22-10-16)24-15(3)25/h4-8,10-12,18H,9H2,1-3H3,(H,21,23)(H,22,24,25). The van der Waals surface area contributed by atoms with Crippen molar-refractivity contribution < 1.29 is 4.79 Å². The summed E-state index contributed by atoms with van der Waals surface area (Å²) in [5.41, 5.74) is 6.05. The van der Waals surface area contributed by atoms with Crippen LogP contribution in [0, 0.1) is 13.8 Å². The fraction of sp³-hybridized carbons (Fsp3) is 0.250. The van der Waals surface area contributed by atoms with E-state index in [4.69, 9.17) is 0 Å². The Balaban J connectivity index is 1.91. The Kier molecular flexibility index (Phi) is 4.93. The van der Waals surface area contributed by atoms with Gasteiger partial charge in [0.1, 0.15) is 5.82 Å². The molecule has 5 nitrogen and oxygen atoms in total. The lowest BCUT2D eigenvalue weighted by atomic mass is 9.86. The number of aromatic amines is 1. The lowest BCUT2D eigenvalue weighted by Crippen LogP contribution is -2.10. The fourth-order valence-corrected chi connectivity index (χ4v) is 3.03. The minimum absolute atomic E-state index is 0.119. The molecule has 0 fully saturated rings. The van der Waals surface area contributed by atoms with E-state index < -0.39 is 0 Å². The molecule has 3 aromatic rings. The van der Waals surface area contributed by atoms with Crippen molar-refractivity contribution in [2.75, 3.05) is 5.32 Å². The molecule has 1 amide bonds. The maximum absolute atomic E-state index is 11.1. The summed E-state index contributed by atoms with van der Waals surface area (Å²) in [6, 6.07) is 10.2. The lowest BCUT2D eigenvalue weighted by Gasteiger charge is -2.19. The van der Waals surface area contributed by atoms with Crippen LogP contribution in [0.3, 0.4) is 0 Å². The van der Waals surface area contributed by atoms with Gasteiger partial charge in [-0.1, -0.05) is 24.3 Å². The number of amides is 1. The van der Waals surface area contributed by atoms with Gasteiger partial charge in [0.15, 0.2) is 0 Å². The normalized spacial score (nSPS) is 12.0. The summed E-state index contributed by atoms with van der Waals surface area (Å²) in [5, 5.41) is 2.69. The third-order valence-corrected chi connectivity index (χ3v) is 4.49. The summed E-state index contributed by atoms with van der Waals surface area (Å²) in [7, 11) is 0. The maximum Gasteiger partial charge on any atom is 0.222 e. The first kappa shape index (κ1) is 16.9. The molecular formula is C20H22N4O. The molecule has 0 saturated heterocycles. The van der Waals surface area contributed by atoms with E-state index in [0.717, 1.165) is 17.7 Å². The molecule has 3 rings (SSSR count). The number of anilines is 1. The van der Waals surface area contributed by atoms with Crippen molar-refractivity contribution in [2.24, 2.45) is 0 Å². The topological polar surface area (TPSA) is 70.7 Å². The maximum atomic E-state index is 11.1. The Labute approximate surface area is 147 Å². The number of aromatic nitrogens is 3. The quantitative estimate of drug-likeness (QED) is 0.746. The number of nitrogens with one attached hydrogen (secondary N) is 2. The van der Waals surface area contributed by atoms with Crippen molar-refractivity contribution >= 4 is 11.7 Å². The minimum atomic E-state index is -0.119. The number of aryl methyl sites for hydroxylation is 1. The molecule has 1 atom stereocenters. The number of H-pyrrole nitrogens is 1. The van der Waals surface area contributed by atoms with Gasteiger partial charge in [-0.25, -0.2) is 9.97 Å². The van der Waals surface area contributed by atoms with Crippen molar-refractivity contribution in [1.82, 2.24) is 15.0 Å². The van der Waals surface area contributed by atoms with E-state index >= 15 is 0 Å². The van der Waals surface area contributed by atoms with Crippen molar-refractivity contribution in [3.8, 4) is 0 Å². The second-order valence-corrected chi connectivity index (χ2v) is 6.29. The summed E-state index contributed by atoms with van der Waals surface area (Å²) < 4.78 is 0. The van der Waals surface area contributed by atoms with E-state index in [1.165, 1.54) is 23.6 Å². The predicted molar refractivity (Wildman–Crippen MR) is 98.6 cm³/mol. The zero-order valence-corrected chi connectivity index (χ0v) is 14.7. The number of carbonyl (C=O) groups excluding carboxylic acids is 1. The second kappa shape index (κ2) is 7.30. The molecule has 0 saturated carbocycles. The van der Waals surface area contributed by atoms with E-state index in [2.05, 4.69) is 52.3 Å². The van der Waals surface area contributed by atoms with Crippen LogP contribution >= 0.6 is 0 Å². The first-order valence-electron chi connectivity index (χ1n) is 8.31. The smallest absolute Gasteiger partial charge is 0.222 e. The van der Waals surface area contributed by atoms with Gasteiger partial charge in [-0.3, -0.25) is 4.79 Å². The molecule has 0 spiro atoms. The van der Waals surface area contributed by atoms with Crippen LogP contribution in [0.15, 0.2) is 49.1 Å². The number of nitrogens with zero attached hydrogens (tertiary/aromatic N) is 2. The average Bonchev–Trinajstić information content (AvgIpc) is 3.11. The van der Waals surface area contributed by atoms with Crippen LogP contribution in [-0.2, 0) is 11.2 Å². The number of rotatable bonds is 5. The van der Waals surface area contributed by atoms with E-state index in [0.29, 0.717) is 5.82 Å². The molecule has 0 radical (unpaired) electrons. The Morgan fingerprint density at radius 3 is 2.68 bits per heavy atom. The summed E-state index contributed by atoms with van der Waals surface area (Å²) in [4.78, 5) is 22.9. The molecular weight excluding hydrogens is 312 g/mol. The lowest BCUT2D eigenvalue weighted by molar-refractivity contribution is -0.114. The molecule has 25 heavy (non-hydrogen) atoms. The molecule has 1 unspecified atom stereocenters. The summed E-state index contributed by atoms with van der Waals surface area (Å²) in [6.45, 7) is 5.77. The number of carbonyl (C=O) groups is 1. The number of benzene rings is 1. The highest BCUT2D eigenvalue weighted by atomic mass is 16.1. The zero-order chi connectivity index (χ0) is 17.8. The molecule has 2 heterocycles. The highest BCUT2D eigenvalue weighted by molar-refractivity contribution is 5.87. The van der Waals surface area contributed by atoms with E-state index in [1.54, 1.807) is 6.33 Å². The van der Waals surface area contributed by atoms with Crippen LogP contribution in [0.25, 0.3) is 0 Å². The first-order chi connectivity index (χ1) is 12.0. The zero-order valence-electron chi connectivity index (χ0n) is 14.7. The third-order valence-electron chi connectivity index (χ3n) is 4.49. The highest BCUT2D eigenvalue weighted by Crippen LogP contribution is 2.30. The van der Waals surface area contributed by atoms with Crippen molar-refractivity contribution in [3.63, 3.8) is 0 Å². The molecule has 2 N–H and O–H groups in total. The summed E-state index contributed by atoms with van der Waals surface area (Å²) >= 11 is 0. The van der Waals surface area contributed by atoms with Gasteiger partial charge in [0.25, 0.3) is 0 Å². The third kappa shape index (κ3) is 3.94. The number of hydrogen-bond donors (Lipinski definition) is 2. The van der Waals surface area contributed by atoms with Gasteiger partial charge in [0.05, 0.1) is 6.33 Å². The van der Waals surface area contributed by atoms with Gasteiger partial charge >= 0.3 is 0 Å². The average molecular weight is 334 g/mol. The predicted octanol–water partition coefficient (Wildman–Crippen LogP) is 3.75. The van der Waals surface area contributed by atoms with Crippen molar-refractivity contribution in [1.29, 1.82) is 0 Å². The van der Waals surface area contributed by atoms with Crippen LogP contribution in [0.4, 0.5) is 5.82 Å². The first-order valence-corrected chi connectivity index (χ1v) is 8.31. The van der Waals surface area contributed by atoms with Crippen molar-refractivity contribution in [2.45, 2.75) is 33.1 Å². The van der Waals surface area contributed by atoms with Gasteiger partial charge < -0.3 is 10.3 Å². The van der Waals surface area contributed by atoms with Gasteiger partial charge in [-0.2, -0.15) is 0 Å². The monoisotopic (exact) mass is 334 g/mol. The molecule has 0 aliphatic rings. The van der Waals surface area contributed by atoms with Crippen LogP contribution < -0.4 is 5.32 Å². The molecule has 0 bridgehead atoms. The number of imidazole rings is 1. The largest absolute Gasteiger partial charge is 0.348 e. The molecule has 1 aromatic carbocycles. The highest BCUT2D eigenvalue weighted by Gasteiger charge is 2.19. The van der Waals surface area contributed by atoms with Crippen LogP contribution in [0.1, 0.15) is 40.8 Å². The summed E-state index contributed by atoms with van der Waals surface area (Å²) in [5.74, 6) is 0.628. The van der Waals surface area contributed by atoms with E-state index in [9.17, 15) is 4.79 Å². The SMILES string of the molecule is CC(=O)Nc1ccc(CC(c2cnc[nH]2)c2cccc(C)c2C)cn1. The van der Waals surface area contributed by atoms with Gasteiger partial charge in [0.2, 0.25) is 5.91 Å². The molecule has 5 heteroatoms. The van der Waals surface area contributed by atoms with Crippen LogP contribution in [0.5, 0.6) is 0 Å². The van der Waals surface area contributed by atoms with Crippen LogP contribution in [0.2, 0.25) is 0 Å². The number of hydrogen-bond acceptors (Lipinski definition) is 3. The number of pyridine rings is 1. The van der Waals surface area contributed by atoms with Crippen molar-refractivity contribution in [3.05, 3.63) is 77.0 Å². The molecule has 2 aromatic heterocycles. The van der Waals surface area contributed by atoms with Gasteiger partial charge in [-0.15, -0.1) is 0 Å². The summed E-state index contributed by atoms with van der Waals surface area (Å²) in [6.07, 6.45) is 6.22. The Hall–Kier alpha value is -2.95. The molecule has 0 aliphatic carbocycles. The second-order valence-electron chi connectivity index (χ2n) is 6.29. The van der Waals surface area contributed by atoms with Crippen LogP contribution in [-0.4, -0.2) is 20.9 Å². The van der Waals surface area contributed by atoms with E-state index in [-0.39, 0.29) is 11.8 Å². The molecule has 128 valence electrons. The molecule has 0 aliphatic heterocycles. The van der Waals surface area contributed by atoms with E-state index in [1.807, 2.05) is 24.5 Å².